The number of nitrogens with one attached hydrogen (secondary N) is 2. The van der Waals surface area contributed by atoms with Crippen LogP contribution >= 0.6 is 0 Å². The lowest BCUT2D eigenvalue weighted by Gasteiger charge is -2.16. The molecule has 1 aliphatic heterocycles. The quantitative estimate of drug-likeness (QED) is 0.778. The SMILES string of the molecule is CCc1nccn1CCC(=O)N1CCC(c2ncc(CNC(C)=O)[nH]2)C1. The fourth-order valence-corrected chi connectivity index (χ4v) is 3.34. The minimum absolute atomic E-state index is 0.0667. The second-order valence-corrected chi connectivity index (χ2v) is 6.67. The van der Waals surface area contributed by atoms with E-state index in [4.69, 9.17) is 0 Å². The number of hydrogen-bond acceptors (Lipinski definition) is 4. The van der Waals surface area contributed by atoms with Crippen LogP contribution in [0.3, 0.4) is 0 Å². The first-order valence-electron chi connectivity index (χ1n) is 9.12. The molecule has 0 saturated carbocycles. The van der Waals surface area contributed by atoms with Crippen molar-refractivity contribution in [1.82, 2.24) is 29.7 Å². The zero-order valence-corrected chi connectivity index (χ0v) is 15.4. The number of aromatic amines is 1. The van der Waals surface area contributed by atoms with Gasteiger partial charge >= 0.3 is 0 Å². The molecule has 0 aliphatic carbocycles. The summed E-state index contributed by atoms with van der Waals surface area (Å²) in [7, 11) is 0. The van der Waals surface area contributed by atoms with E-state index in [0.29, 0.717) is 26.1 Å². The molecule has 1 atom stereocenters. The lowest BCUT2D eigenvalue weighted by molar-refractivity contribution is -0.130. The van der Waals surface area contributed by atoms with Gasteiger partial charge in [0, 0.05) is 57.7 Å². The molecule has 2 amide bonds. The normalized spacial score (nSPS) is 16.8. The first-order valence-corrected chi connectivity index (χ1v) is 9.12. The number of hydrogen-bond donors (Lipinski definition) is 2. The van der Waals surface area contributed by atoms with Gasteiger partial charge in [-0.05, 0) is 6.42 Å². The average Bonchev–Trinajstić information content (AvgIpc) is 3.37. The Morgan fingerprint density at radius 3 is 3.00 bits per heavy atom. The van der Waals surface area contributed by atoms with Gasteiger partial charge in [-0.15, -0.1) is 0 Å². The molecule has 3 rings (SSSR count). The Labute approximate surface area is 153 Å². The van der Waals surface area contributed by atoms with Gasteiger partial charge in [-0.1, -0.05) is 6.92 Å². The van der Waals surface area contributed by atoms with Crippen molar-refractivity contribution >= 4 is 11.8 Å². The van der Waals surface area contributed by atoms with Crippen LogP contribution in [0.4, 0.5) is 0 Å². The average molecular weight is 358 g/mol. The van der Waals surface area contributed by atoms with Crippen molar-refractivity contribution in [2.45, 2.75) is 52.1 Å². The molecular formula is C18H26N6O2. The van der Waals surface area contributed by atoms with Crippen molar-refractivity contribution in [1.29, 1.82) is 0 Å². The molecule has 140 valence electrons. The summed E-state index contributed by atoms with van der Waals surface area (Å²) in [5.74, 6) is 2.24. The van der Waals surface area contributed by atoms with E-state index in [0.717, 1.165) is 36.7 Å². The predicted octanol–water partition coefficient (Wildman–Crippen LogP) is 1.21. The number of likely N-dealkylation sites (tertiary alicyclic amines) is 1. The van der Waals surface area contributed by atoms with Crippen molar-refractivity contribution in [2.75, 3.05) is 13.1 Å². The zero-order chi connectivity index (χ0) is 18.5. The van der Waals surface area contributed by atoms with Crippen molar-refractivity contribution in [3.8, 4) is 0 Å². The summed E-state index contributed by atoms with van der Waals surface area (Å²) in [4.78, 5) is 37.4. The minimum Gasteiger partial charge on any atom is -0.351 e. The molecule has 0 bridgehead atoms. The maximum atomic E-state index is 12.5. The van der Waals surface area contributed by atoms with Crippen molar-refractivity contribution < 1.29 is 9.59 Å². The maximum absolute atomic E-state index is 12.5. The molecule has 1 saturated heterocycles. The Morgan fingerprint density at radius 2 is 2.23 bits per heavy atom. The van der Waals surface area contributed by atoms with Crippen molar-refractivity contribution in [3.63, 3.8) is 0 Å². The molecule has 1 fully saturated rings. The molecule has 2 aromatic heterocycles. The molecule has 3 heterocycles. The highest BCUT2D eigenvalue weighted by molar-refractivity contribution is 5.76. The summed E-state index contributed by atoms with van der Waals surface area (Å²) in [5, 5.41) is 2.75. The van der Waals surface area contributed by atoms with Crippen LogP contribution in [0.5, 0.6) is 0 Å². The standard InChI is InChI=1S/C18H26N6O2/c1-3-16-19-6-9-23(16)8-5-17(26)24-7-4-14(12-24)18-21-11-15(22-18)10-20-13(2)25/h6,9,11,14H,3-5,7-8,10,12H2,1-2H3,(H,20,25)(H,21,22). The second-order valence-electron chi connectivity index (χ2n) is 6.67. The smallest absolute Gasteiger partial charge is 0.224 e. The molecule has 2 aromatic rings. The van der Waals surface area contributed by atoms with Gasteiger partial charge in [0.15, 0.2) is 0 Å². The lowest BCUT2D eigenvalue weighted by Crippen LogP contribution is -2.29. The van der Waals surface area contributed by atoms with Crippen LogP contribution in [0.15, 0.2) is 18.6 Å². The Morgan fingerprint density at radius 1 is 1.38 bits per heavy atom. The van der Waals surface area contributed by atoms with Gasteiger partial charge in [0.05, 0.1) is 18.4 Å². The Hall–Kier alpha value is -2.64. The Bertz CT molecular complexity index is 765. The van der Waals surface area contributed by atoms with Crippen LogP contribution in [0.1, 0.15) is 49.9 Å². The third-order valence-corrected chi connectivity index (χ3v) is 4.79. The van der Waals surface area contributed by atoms with E-state index in [1.165, 1.54) is 6.92 Å². The summed E-state index contributed by atoms with van der Waals surface area (Å²) in [6.07, 6.45) is 7.72. The van der Waals surface area contributed by atoms with E-state index in [1.807, 2.05) is 15.7 Å². The second kappa shape index (κ2) is 8.16. The Balaban J connectivity index is 1.50. The van der Waals surface area contributed by atoms with Gasteiger partial charge in [-0.25, -0.2) is 9.97 Å². The number of imidazole rings is 2. The highest BCUT2D eigenvalue weighted by atomic mass is 16.2. The van der Waals surface area contributed by atoms with Crippen LogP contribution < -0.4 is 5.32 Å². The summed E-state index contributed by atoms with van der Waals surface area (Å²) in [5.41, 5.74) is 0.882. The van der Waals surface area contributed by atoms with E-state index in [1.54, 1.807) is 12.4 Å². The topological polar surface area (TPSA) is 95.9 Å². The zero-order valence-electron chi connectivity index (χ0n) is 15.4. The van der Waals surface area contributed by atoms with Crippen molar-refractivity contribution in [3.05, 3.63) is 35.9 Å². The molecule has 2 N–H and O–H groups in total. The number of H-pyrrole nitrogens is 1. The number of rotatable bonds is 7. The number of carbonyl (C=O) groups is 2. The van der Waals surface area contributed by atoms with Crippen molar-refractivity contribution in [2.24, 2.45) is 0 Å². The number of aromatic nitrogens is 4. The van der Waals surface area contributed by atoms with Gasteiger partial charge in [0.25, 0.3) is 0 Å². The molecule has 8 nitrogen and oxygen atoms in total. The predicted molar refractivity (Wildman–Crippen MR) is 96.3 cm³/mol. The molecule has 1 aliphatic rings. The van der Waals surface area contributed by atoms with Crippen LogP contribution in [-0.4, -0.2) is 49.3 Å². The van der Waals surface area contributed by atoms with Crippen LogP contribution in [0.25, 0.3) is 0 Å². The molecule has 26 heavy (non-hydrogen) atoms. The number of amides is 2. The first kappa shape index (κ1) is 18.2. The van der Waals surface area contributed by atoms with Gasteiger partial charge in [-0.3, -0.25) is 9.59 Å². The molecule has 1 unspecified atom stereocenters. The molecule has 8 heteroatoms. The highest BCUT2D eigenvalue weighted by Gasteiger charge is 2.28. The lowest BCUT2D eigenvalue weighted by atomic mass is 10.1. The fraction of sp³-hybridized carbons (Fsp3) is 0.556. The third kappa shape index (κ3) is 4.30. The van der Waals surface area contributed by atoms with Gasteiger partial charge in [0.2, 0.25) is 11.8 Å². The number of aryl methyl sites for hydroxylation is 2. The van der Waals surface area contributed by atoms with E-state index >= 15 is 0 Å². The van der Waals surface area contributed by atoms with E-state index in [2.05, 4.69) is 27.2 Å². The summed E-state index contributed by atoms with van der Waals surface area (Å²) in [6, 6.07) is 0. The molecule has 0 radical (unpaired) electrons. The van der Waals surface area contributed by atoms with E-state index < -0.39 is 0 Å². The maximum Gasteiger partial charge on any atom is 0.224 e. The van der Waals surface area contributed by atoms with Crippen LogP contribution in [-0.2, 0) is 29.1 Å². The van der Waals surface area contributed by atoms with Gasteiger partial charge in [-0.2, -0.15) is 0 Å². The summed E-state index contributed by atoms with van der Waals surface area (Å²) >= 11 is 0. The Kier molecular flexibility index (Phi) is 5.70. The largest absolute Gasteiger partial charge is 0.351 e. The highest BCUT2D eigenvalue weighted by Crippen LogP contribution is 2.25. The summed E-state index contributed by atoms with van der Waals surface area (Å²) < 4.78 is 2.05. The van der Waals surface area contributed by atoms with Gasteiger partial charge < -0.3 is 19.8 Å². The minimum atomic E-state index is -0.0667. The van der Waals surface area contributed by atoms with Crippen LogP contribution in [0, 0.1) is 0 Å². The van der Waals surface area contributed by atoms with E-state index in [9.17, 15) is 9.59 Å². The van der Waals surface area contributed by atoms with E-state index in [-0.39, 0.29) is 17.7 Å². The third-order valence-electron chi connectivity index (χ3n) is 4.79. The van der Waals surface area contributed by atoms with Crippen LogP contribution in [0.2, 0.25) is 0 Å². The first-order chi connectivity index (χ1) is 12.6. The number of carbonyl (C=O) groups excluding carboxylic acids is 2. The molecule has 0 aromatic carbocycles. The monoisotopic (exact) mass is 358 g/mol. The molecule has 0 spiro atoms. The fourth-order valence-electron chi connectivity index (χ4n) is 3.34. The number of nitrogens with zero attached hydrogens (tertiary/aromatic N) is 4. The molecular weight excluding hydrogens is 332 g/mol. The van der Waals surface area contributed by atoms with Gasteiger partial charge in [0.1, 0.15) is 11.6 Å². The summed E-state index contributed by atoms with van der Waals surface area (Å²) in [6.45, 7) is 6.12.